The number of nitrogens with zero attached hydrogens (tertiary/aromatic N) is 2. The van der Waals surface area contributed by atoms with Crippen molar-refractivity contribution in [2.24, 2.45) is 0 Å². The first-order valence-electron chi connectivity index (χ1n) is 10.7. The van der Waals surface area contributed by atoms with Gasteiger partial charge in [0.1, 0.15) is 18.3 Å². The highest BCUT2D eigenvalue weighted by Crippen LogP contribution is 2.29. The quantitative estimate of drug-likeness (QED) is 0.512. The molecule has 0 radical (unpaired) electrons. The molecule has 1 unspecified atom stereocenters. The highest BCUT2D eigenvalue weighted by molar-refractivity contribution is 9.10. The van der Waals surface area contributed by atoms with Gasteiger partial charge < -0.3 is 15.0 Å². The van der Waals surface area contributed by atoms with Crippen molar-refractivity contribution in [1.82, 2.24) is 10.2 Å². The number of hydrogen-bond acceptors (Lipinski definition) is 5. The standard InChI is InChI=1S/C24H32BrN3O5S/c1-17(23(30)26-24(2,3)4)27(15-18-10-9-11-19(25)14-18)22(29)16-28(34(6,31)32)20-12-7-8-13-21(20)33-5/h7-14,17H,15-16H2,1-6H3,(H,26,30). The maximum atomic E-state index is 13.6. The summed E-state index contributed by atoms with van der Waals surface area (Å²) >= 11 is 3.42. The molecule has 8 nitrogen and oxygen atoms in total. The van der Waals surface area contributed by atoms with Gasteiger partial charge in [-0.3, -0.25) is 13.9 Å². The summed E-state index contributed by atoms with van der Waals surface area (Å²) in [4.78, 5) is 27.9. The van der Waals surface area contributed by atoms with E-state index in [-0.39, 0.29) is 18.1 Å². The van der Waals surface area contributed by atoms with Crippen LogP contribution in [0.25, 0.3) is 0 Å². The average molecular weight is 555 g/mol. The molecule has 0 aliphatic rings. The van der Waals surface area contributed by atoms with Crippen LogP contribution in [0.15, 0.2) is 53.0 Å². The van der Waals surface area contributed by atoms with Gasteiger partial charge in [0.25, 0.3) is 0 Å². The molecule has 0 heterocycles. The van der Waals surface area contributed by atoms with Crippen LogP contribution in [0, 0.1) is 0 Å². The minimum absolute atomic E-state index is 0.126. The van der Waals surface area contributed by atoms with Crippen molar-refractivity contribution in [2.45, 2.75) is 45.8 Å². The molecule has 10 heteroatoms. The SMILES string of the molecule is COc1ccccc1N(CC(=O)N(Cc1cccc(Br)c1)C(C)C(=O)NC(C)(C)C)S(C)(=O)=O. The lowest BCUT2D eigenvalue weighted by atomic mass is 10.1. The van der Waals surface area contributed by atoms with Gasteiger partial charge in [0.15, 0.2) is 0 Å². The van der Waals surface area contributed by atoms with Gasteiger partial charge in [-0.05, 0) is 57.5 Å². The van der Waals surface area contributed by atoms with E-state index in [0.717, 1.165) is 20.6 Å². The van der Waals surface area contributed by atoms with Crippen LogP contribution in [-0.4, -0.2) is 56.6 Å². The molecular formula is C24H32BrN3O5S. The van der Waals surface area contributed by atoms with Crippen LogP contribution in [0.2, 0.25) is 0 Å². The molecule has 0 bridgehead atoms. The number of hydrogen-bond donors (Lipinski definition) is 1. The van der Waals surface area contributed by atoms with E-state index in [4.69, 9.17) is 4.74 Å². The number of ether oxygens (including phenoxy) is 1. The Hall–Kier alpha value is -2.59. The molecule has 0 saturated carbocycles. The minimum Gasteiger partial charge on any atom is -0.495 e. The van der Waals surface area contributed by atoms with E-state index < -0.39 is 34.1 Å². The summed E-state index contributed by atoms with van der Waals surface area (Å²) in [6.45, 7) is 6.83. The number of rotatable bonds is 9. The Kier molecular flexibility index (Phi) is 9.13. The summed E-state index contributed by atoms with van der Waals surface area (Å²) < 4.78 is 32.5. The van der Waals surface area contributed by atoms with Crippen molar-refractivity contribution >= 4 is 43.5 Å². The van der Waals surface area contributed by atoms with Gasteiger partial charge in [0.2, 0.25) is 21.8 Å². The van der Waals surface area contributed by atoms with Crippen molar-refractivity contribution in [3.8, 4) is 5.75 Å². The number of anilines is 1. The molecule has 1 N–H and O–H groups in total. The second-order valence-electron chi connectivity index (χ2n) is 9.01. The number of para-hydroxylation sites is 2. The summed E-state index contributed by atoms with van der Waals surface area (Å²) in [5.74, 6) is -0.537. The first-order valence-corrected chi connectivity index (χ1v) is 13.3. The molecule has 0 aliphatic heterocycles. The van der Waals surface area contributed by atoms with Crippen LogP contribution in [0.1, 0.15) is 33.3 Å². The topological polar surface area (TPSA) is 96.0 Å². The van der Waals surface area contributed by atoms with Crippen LogP contribution in [-0.2, 0) is 26.2 Å². The van der Waals surface area contributed by atoms with Crippen LogP contribution in [0.3, 0.4) is 0 Å². The molecule has 0 aromatic heterocycles. The van der Waals surface area contributed by atoms with Gasteiger partial charge in [-0.25, -0.2) is 8.42 Å². The fourth-order valence-electron chi connectivity index (χ4n) is 3.32. The molecule has 0 fully saturated rings. The van der Waals surface area contributed by atoms with E-state index in [1.165, 1.54) is 12.0 Å². The van der Waals surface area contributed by atoms with Crippen molar-refractivity contribution in [2.75, 3.05) is 24.2 Å². The normalized spacial score (nSPS) is 12.6. The number of benzene rings is 2. The minimum atomic E-state index is -3.84. The molecule has 186 valence electrons. The molecular weight excluding hydrogens is 522 g/mol. The molecule has 0 saturated heterocycles. The number of carbonyl (C=O) groups is 2. The number of amides is 2. The van der Waals surface area contributed by atoms with E-state index in [9.17, 15) is 18.0 Å². The lowest BCUT2D eigenvalue weighted by molar-refractivity contribution is -0.140. The van der Waals surface area contributed by atoms with E-state index in [0.29, 0.717) is 5.75 Å². The first-order chi connectivity index (χ1) is 15.7. The summed E-state index contributed by atoms with van der Waals surface area (Å²) in [5.41, 5.74) is 0.544. The second kappa shape index (κ2) is 11.2. The molecule has 0 spiro atoms. The van der Waals surface area contributed by atoms with Gasteiger partial charge in [0.05, 0.1) is 19.1 Å². The summed E-state index contributed by atoms with van der Waals surface area (Å²) in [6.07, 6.45) is 1.03. The fraction of sp³-hybridized carbons (Fsp3) is 0.417. The lowest BCUT2D eigenvalue weighted by Gasteiger charge is -2.33. The summed E-state index contributed by atoms with van der Waals surface area (Å²) in [7, 11) is -2.41. The molecule has 0 aliphatic carbocycles. The Balaban J connectivity index is 2.44. The Morgan fingerprint density at radius 2 is 1.76 bits per heavy atom. The molecule has 2 aromatic rings. The third-order valence-corrected chi connectivity index (χ3v) is 6.56. The predicted molar refractivity (Wildman–Crippen MR) is 137 cm³/mol. The first kappa shape index (κ1) is 27.7. The molecule has 2 aromatic carbocycles. The Morgan fingerprint density at radius 3 is 2.32 bits per heavy atom. The Morgan fingerprint density at radius 1 is 1.12 bits per heavy atom. The number of sulfonamides is 1. The number of nitrogens with one attached hydrogen (secondary N) is 1. The highest BCUT2D eigenvalue weighted by atomic mass is 79.9. The third kappa shape index (κ3) is 7.73. The molecule has 2 rings (SSSR count). The number of carbonyl (C=O) groups excluding carboxylic acids is 2. The van der Waals surface area contributed by atoms with Gasteiger partial charge >= 0.3 is 0 Å². The van der Waals surface area contributed by atoms with Crippen LogP contribution in [0.4, 0.5) is 5.69 Å². The zero-order valence-corrected chi connectivity index (χ0v) is 22.7. The molecule has 2 amide bonds. The number of halogens is 1. The third-order valence-electron chi connectivity index (χ3n) is 4.94. The zero-order chi connectivity index (χ0) is 25.7. The van der Waals surface area contributed by atoms with Crippen molar-refractivity contribution in [3.05, 3.63) is 58.6 Å². The fourth-order valence-corrected chi connectivity index (χ4v) is 4.62. The monoisotopic (exact) mass is 553 g/mol. The maximum absolute atomic E-state index is 13.6. The van der Waals surface area contributed by atoms with E-state index in [1.807, 2.05) is 45.0 Å². The largest absolute Gasteiger partial charge is 0.495 e. The number of methoxy groups -OCH3 is 1. The van der Waals surface area contributed by atoms with Gasteiger partial charge in [0, 0.05) is 16.6 Å². The van der Waals surface area contributed by atoms with E-state index >= 15 is 0 Å². The smallest absolute Gasteiger partial charge is 0.244 e. The Labute approximate surface area is 210 Å². The molecule has 34 heavy (non-hydrogen) atoms. The zero-order valence-electron chi connectivity index (χ0n) is 20.3. The van der Waals surface area contributed by atoms with Gasteiger partial charge in [-0.1, -0.05) is 40.2 Å². The second-order valence-corrected chi connectivity index (χ2v) is 11.8. The highest BCUT2D eigenvalue weighted by Gasteiger charge is 2.32. The predicted octanol–water partition coefficient (Wildman–Crippen LogP) is 3.56. The average Bonchev–Trinajstić information content (AvgIpc) is 2.73. The van der Waals surface area contributed by atoms with Crippen molar-refractivity contribution in [3.63, 3.8) is 0 Å². The summed E-state index contributed by atoms with van der Waals surface area (Å²) in [6, 6.07) is 13.1. The Bertz CT molecular complexity index is 1130. The van der Waals surface area contributed by atoms with Gasteiger partial charge in [-0.2, -0.15) is 0 Å². The van der Waals surface area contributed by atoms with Gasteiger partial charge in [-0.15, -0.1) is 0 Å². The van der Waals surface area contributed by atoms with E-state index in [1.54, 1.807) is 31.2 Å². The maximum Gasteiger partial charge on any atom is 0.244 e. The van der Waals surface area contributed by atoms with Crippen LogP contribution in [0.5, 0.6) is 5.75 Å². The van der Waals surface area contributed by atoms with Crippen LogP contribution >= 0.6 is 15.9 Å². The lowest BCUT2D eigenvalue weighted by Crippen LogP contribution is -2.54. The van der Waals surface area contributed by atoms with Crippen molar-refractivity contribution in [1.29, 1.82) is 0 Å². The molecule has 1 atom stereocenters. The van der Waals surface area contributed by atoms with Crippen LogP contribution < -0.4 is 14.4 Å². The summed E-state index contributed by atoms with van der Waals surface area (Å²) in [5, 5.41) is 2.89. The van der Waals surface area contributed by atoms with Crippen molar-refractivity contribution < 1.29 is 22.7 Å². The van der Waals surface area contributed by atoms with E-state index in [2.05, 4.69) is 21.2 Å².